The van der Waals surface area contributed by atoms with E-state index in [0.717, 1.165) is 25.3 Å². The third-order valence-electron chi connectivity index (χ3n) is 4.70. The van der Waals surface area contributed by atoms with Gasteiger partial charge in [0.05, 0.1) is 0 Å². The van der Waals surface area contributed by atoms with Crippen molar-refractivity contribution in [2.24, 2.45) is 0 Å². The fraction of sp³-hybridized carbons (Fsp3) is 0.524. The fourth-order valence-corrected chi connectivity index (χ4v) is 4.37. The van der Waals surface area contributed by atoms with E-state index in [0.29, 0.717) is 12.1 Å². The summed E-state index contributed by atoms with van der Waals surface area (Å²) in [5.41, 5.74) is 1.26. The minimum absolute atomic E-state index is 0.163. The summed E-state index contributed by atoms with van der Waals surface area (Å²) in [6.07, 6.45) is 3.62. The van der Waals surface area contributed by atoms with E-state index in [1.54, 1.807) is 11.3 Å². The van der Waals surface area contributed by atoms with Gasteiger partial charge in [-0.2, -0.15) is 0 Å². The summed E-state index contributed by atoms with van der Waals surface area (Å²) in [7, 11) is 0. The Morgan fingerprint density at radius 2 is 2.00 bits per heavy atom. The monoisotopic (exact) mass is 358 g/mol. The van der Waals surface area contributed by atoms with Crippen LogP contribution in [0.3, 0.4) is 0 Å². The van der Waals surface area contributed by atoms with Crippen molar-refractivity contribution in [1.82, 2.24) is 5.32 Å². The Kier molecular flexibility index (Phi) is 6.38. The molecule has 1 aromatic heterocycles. The molecule has 3 atom stereocenters. The van der Waals surface area contributed by atoms with Crippen LogP contribution in [0.15, 0.2) is 41.8 Å². The maximum Gasteiger partial charge on any atom is 0.133 e. The number of nitrogens with one attached hydrogen (secondary N) is 1. The van der Waals surface area contributed by atoms with Crippen molar-refractivity contribution < 1.29 is 4.74 Å². The molecule has 1 saturated heterocycles. The molecule has 0 aliphatic carbocycles. The van der Waals surface area contributed by atoms with Gasteiger partial charge >= 0.3 is 0 Å². The average molecular weight is 359 g/mol. The highest BCUT2D eigenvalue weighted by molar-refractivity contribution is 7.10. The Morgan fingerprint density at radius 1 is 1.20 bits per heavy atom. The number of hydrogen-bond donors (Lipinski definition) is 1. The van der Waals surface area contributed by atoms with Gasteiger partial charge in [-0.25, -0.2) is 0 Å². The predicted octanol–water partition coefficient (Wildman–Crippen LogP) is 5.25. The standard InChI is InChI=1S/C21H30N2OS/c1-4-5-10-20(21-11-7-12-25-21)24-19-9-6-8-18(13-19)23-14-16(2)22-17(3)15-23/h6-9,11-13,16-17,20,22H,4-5,10,14-15H2,1-3H3/t16-,17+,20?. The molecule has 1 aliphatic rings. The molecule has 1 N–H and O–H groups in total. The zero-order chi connectivity index (χ0) is 17.6. The zero-order valence-electron chi connectivity index (χ0n) is 15.6. The Bertz CT molecular complexity index is 633. The zero-order valence-corrected chi connectivity index (χ0v) is 16.4. The summed E-state index contributed by atoms with van der Waals surface area (Å²) in [5, 5.41) is 5.73. The molecule has 0 amide bonds. The Labute approximate surface area is 156 Å². The van der Waals surface area contributed by atoms with Gasteiger partial charge in [-0.05, 0) is 50.3 Å². The van der Waals surface area contributed by atoms with Crippen LogP contribution >= 0.6 is 11.3 Å². The van der Waals surface area contributed by atoms with Crippen molar-refractivity contribution in [2.45, 2.75) is 58.2 Å². The van der Waals surface area contributed by atoms with Gasteiger partial charge in [0.25, 0.3) is 0 Å². The summed E-state index contributed by atoms with van der Waals surface area (Å²) in [6, 6.07) is 13.9. The second-order valence-electron chi connectivity index (χ2n) is 7.14. The number of nitrogens with zero attached hydrogens (tertiary/aromatic N) is 1. The van der Waals surface area contributed by atoms with E-state index in [-0.39, 0.29) is 6.10 Å². The van der Waals surface area contributed by atoms with Crippen LogP contribution in [0.25, 0.3) is 0 Å². The van der Waals surface area contributed by atoms with E-state index >= 15 is 0 Å². The molecule has 0 spiro atoms. The highest BCUT2D eigenvalue weighted by Gasteiger charge is 2.22. The lowest BCUT2D eigenvalue weighted by atomic mass is 10.1. The largest absolute Gasteiger partial charge is 0.485 e. The molecule has 0 radical (unpaired) electrons. The minimum atomic E-state index is 0.163. The van der Waals surface area contributed by atoms with Crippen LogP contribution < -0.4 is 15.0 Å². The van der Waals surface area contributed by atoms with Crippen molar-refractivity contribution in [1.29, 1.82) is 0 Å². The molecule has 3 rings (SSSR count). The molecule has 1 aliphatic heterocycles. The molecule has 1 aromatic carbocycles. The smallest absolute Gasteiger partial charge is 0.133 e. The van der Waals surface area contributed by atoms with Crippen LogP contribution in [-0.4, -0.2) is 25.2 Å². The molecule has 136 valence electrons. The van der Waals surface area contributed by atoms with Gasteiger partial charge in [0, 0.05) is 41.8 Å². The van der Waals surface area contributed by atoms with Crippen LogP contribution in [0, 0.1) is 0 Å². The number of anilines is 1. The third-order valence-corrected chi connectivity index (χ3v) is 5.66. The van der Waals surface area contributed by atoms with Crippen LogP contribution in [0.1, 0.15) is 51.0 Å². The highest BCUT2D eigenvalue weighted by atomic mass is 32.1. The van der Waals surface area contributed by atoms with Crippen LogP contribution in [0.2, 0.25) is 0 Å². The second kappa shape index (κ2) is 8.72. The number of unbranched alkanes of at least 4 members (excludes halogenated alkanes) is 1. The van der Waals surface area contributed by atoms with E-state index in [2.05, 4.69) is 72.8 Å². The van der Waals surface area contributed by atoms with Crippen LogP contribution in [0.5, 0.6) is 5.75 Å². The predicted molar refractivity (Wildman–Crippen MR) is 108 cm³/mol. The van der Waals surface area contributed by atoms with Crippen molar-refractivity contribution >= 4 is 17.0 Å². The molecular weight excluding hydrogens is 328 g/mol. The first kappa shape index (κ1) is 18.3. The summed E-state index contributed by atoms with van der Waals surface area (Å²) in [5.74, 6) is 0.978. The van der Waals surface area contributed by atoms with Crippen LogP contribution in [0.4, 0.5) is 5.69 Å². The van der Waals surface area contributed by atoms with E-state index in [4.69, 9.17) is 4.74 Å². The molecule has 25 heavy (non-hydrogen) atoms. The fourth-order valence-electron chi connectivity index (χ4n) is 3.58. The van der Waals surface area contributed by atoms with Gasteiger partial charge in [0.15, 0.2) is 0 Å². The molecule has 1 unspecified atom stereocenters. The lowest BCUT2D eigenvalue weighted by Gasteiger charge is -2.37. The van der Waals surface area contributed by atoms with Crippen molar-refractivity contribution in [3.63, 3.8) is 0 Å². The Hall–Kier alpha value is -1.52. The maximum atomic E-state index is 6.41. The van der Waals surface area contributed by atoms with Gasteiger partial charge in [-0.1, -0.05) is 25.5 Å². The van der Waals surface area contributed by atoms with Crippen LogP contribution in [-0.2, 0) is 0 Å². The maximum absolute atomic E-state index is 6.41. The minimum Gasteiger partial charge on any atom is -0.485 e. The van der Waals surface area contributed by atoms with Gasteiger partial charge in [0.2, 0.25) is 0 Å². The molecular formula is C21H30N2OS. The normalized spacial score (nSPS) is 22.0. The first-order chi connectivity index (χ1) is 12.2. The Morgan fingerprint density at radius 3 is 2.68 bits per heavy atom. The summed E-state index contributed by atoms with van der Waals surface area (Å²) < 4.78 is 6.41. The van der Waals surface area contributed by atoms with Crippen molar-refractivity contribution in [3.8, 4) is 5.75 Å². The molecule has 0 bridgehead atoms. The number of rotatable bonds is 7. The molecule has 0 saturated carbocycles. The molecule has 1 fully saturated rings. The molecule has 4 heteroatoms. The number of benzene rings is 1. The van der Waals surface area contributed by atoms with Gasteiger partial charge in [-0.15, -0.1) is 11.3 Å². The summed E-state index contributed by atoms with van der Waals surface area (Å²) >= 11 is 1.79. The average Bonchev–Trinajstić information content (AvgIpc) is 3.12. The number of piperazine rings is 1. The number of thiophene rings is 1. The summed E-state index contributed by atoms with van der Waals surface area (Å²) in [6.45, 7) is 8.82. The SMILES string of the molecule is CCCCC(Oc1cccc(N2C[C@@H](C)N[C@@H](C)C2)c1)c1cccs1. The van der Waals surface area contributed by atoms with E-state index in [1.807, 2.05) is 0 Å². The first-order valence-electron chi connectivity index (χ1n) is 9.47. The number of hydrogen-bond acceptors (Lipinski definition) is 4. The van der Waals surface area contributed by atoms with Crippen molar-refractivity contribution in [3.05, 3.63) is 46.7 Å². The van der Waals surface area contributed by atoms with E-state index in [9.17, 15) is 0 Å². The molecule has 2 aromatic rings. The highest BCUT2D eigenvalue weighted by Crippen LogP contribution is 2.31. The van der Waals surface area contributed by atoms with Gasteiger partial charge in [0.1, 0.15) is 11.9 Å². The van der Waals surface area contributed by atoms with E-state index < -0.39 is 0 Å². The third kappa shape index (κ3) is 4.99. The first-order valence-corrected chi connectivity index (χ1v) is 10.3. The van der Waals surface area contributed by atoms with Gasteiger partial charge < -0.3 is 15.0 Å². The lowest BCUT2D eigenvalue weighted by Crippen LogP contribution is -2.54. The topological polar surface area (TPSA) is 24.5 Å². The Balaban J connectivity index is 1.73. The van der Waals surface area contributed by atoms with E-state index in [1.165, 1.54) is 23.4 Å². The second-order valence-corrected chi connectivity index (χ2v) is 8.11. The molecule has 2 heterocycles. The molecule has 3 nitrogen and oxygen atoms in total. The summed E-state index contributed by atoms with van der Waals surface area (Å²) in [4.78, 5) is 3.79. The van der Waals surface area contributed by atoms with Crippen molar-refractivity contribution in [2.75, 3.05) is 18.0 Å². The lowest BCUT2D eigenvalue weighted by molar-refractivity contribution is 0.195. The van der Waals surface area contributed by atoms with Gasteiger partial charge in [-0.3, -0.25) is 0 Å². The quantitative estimate of drug-likeness (QED) is 0.732. The number of ether oxygens (including phenoxy) is 1.